The summed E-state index contributed by atoms with van der Waals surface area (Å²) < 4.78 is 5.35. The van der Waals surface area contributed by atoms with E-state index in [0.717, 1.165) is 27.2 Å². The molecule has 1 aromatic carbocycles. The average molecular weight is 389 g/mol. The first-order valence-electron chi connectivity index (χ1n) is 7.68. The van der Waals surface area contributed by atoms with Crippen molar-refractivity contribution in [2.24, 2.45) is 0 Å². The molecule has 0 saturated carbocycles. The number of fused-ring (bicyclic) bond motifs is 1. The Balaban J connectivity index is 1.55. The zero-order valence-corrected chi connectivity index (χ0v) is 15.7. The van der Waals surface area contributed by atoms with Crippen LogP contribution in [0.4, 0.5) is 0 Å². The molecule has 3 aromatic heterocycles. The quantitative estimate of drug-likeness (QED) is 0.343. The molecule has 25 heavy (non-hydrogen) atoms. The zero-order chi connectivity index (χ0) is 17.2. The lowest BCUT2D eigenvalue weighted by Crippen LogP contribution is -1.86. The second-order valence-electron chi connectivity index (χ2n) is 5.24. The number of hydrogen-bond donors (Lipinski definition) is 0. The van der Waals surface area contributed by atoms with Crippen LogP contribution in [-0.2, 0) is 12.2 Å². The Labute approximate surface area is 157 Å². The molecule has 0 atom stereocenters. The van der Waals surface area contributed by atoms with Gasteiger partial charge in [0.15, 0.2) is 0 Å². The zero-order valence-electron chi connectivity index (χ0n) is 13.3. The fraction of sp³-hybridized carbons (Fsp3) is 0.176. The van der Waals surface area contributed by atoms with Crippen LogP contribution in [0, 0.1) is 0 Å². The molecule has 0 radical (unpaired) electrons. The molecule has 0 unspecified atom stereocenters. The molecule has 0 fully saturated rings. The van der Waals surface area contributed by atoms with E-state index in [2.05, 4.69) is 33.1 Å². The lowest BCUT2D eigenvalue weighted by molar-refractivity contribution is 0.391. The van der Waals surface area contributed by atoms with Crippen molar-refractivity contribution in [3.8, 4) is 11.4 Å². The predicted molar refractivity (Wildman–Crippen MR) is 101 cm³/mol. The number of aromatic nitrogens is 4. The molecule has 4 rings (SSSR count). The van der Waals surface area contributed by atoms with E-state index in [1.165, 1.54) is 4.88 Å². The summed E-state index contributed by atoms with van der Waals surface area (Å²) in [5, 5.41) is 6.64. The normalized spacial score (nSPS) is 11.3. The van der Waals surface area contributed by atoms with Gasteiger partial charge in [-0.1, -0.05) is 47.6 Å². The number of benzene rings is 1. The largest absolute Gasteiger partial charge is 0.338 e. The molecule has 0 amide bonds. The number of halogens is 1. The Morgan fingerprint density at radius 3 is 2.96 bits per heavy atom. The van der Waals surface area contributed by atoms with Gasteiger partial charge in [0.1, 0.15) is 16.2 Å². The van der Waals surface area contributed by atoms with Crippen molar-refractivity contribution in [1.82, 2.24) is 20.1 Å². The Bertz CT molecular complexity index is 1030. The molecule has 5 nitrogen and oxygen atoms in total. The van der Waals surface area contributed by atoms with E-state index in [1.807, 2.05) is 18.2 Å². The molecule has 0 aliphatic rings. The maximum atomic E-state index is 6.18. The van der Waals surface area contributed by atoms with Gasteiger partial charge in [-0.25, -0.2) is 9.97 Å². The van der Waals surface area contributed by atoms with Crippen molar-refractivity contribution in [3.63, 3.8) is 0 Å². The number of thioether (sulfide) groups is 1. The summed E-state index contributed by atoms with van der Waals surface area (Å²) in [6.45, 7) is 2.14. The molecule has 0 bridgehead atoms. The predicted octanol–water partition coefficient (Wildman–Crippen LogP) is 5.25. The van der Waals surface area contributed by atoms with Crippen LogP contribution in [0.2, 0.25) is 5.02 Å². The molecule has 8 heteroatoms. The first kappa shape index (κ1) is 16.5. The van der Waals surface area contributed by atoms with E-state index < -0.39 is 0 Å². The van der Waals surface area contributed by atoms with Gasteiger partial charge in [-0.05, 0) is 24.6 Å². The minimum absolute atomic E-state index is 0.498. The number of hydrogen-bond acceptors (Lipinski definition) is 7. The van der Waals surface area contributed by atoms with Crippen LogP contribution in [0.3, 0.4) is 0 Å². The molecule has 4 aromatic rings. The topological polar surface area (TPSA) is 64.7 Å². The van der Waals surface area contributed by atoms with E-state index in [-0.39, 0.29) is 0 Å². The molecule has 0 spiro atoms. The van der Waals surface area contributed by atoms with Crippen LogP contribution < -0.4 is 0 Å². The summed E-state index contributed by atoms with van der Waals surface area (Å²) >= 11 is 9.45. The maximum absolute atomic E-state index is 6.18. The monoisotopic (exact) mass is 388 g/mol. The van der Waals surface area contributed by atoms with Crippen LogP contribution in [0.15, 0.2) is 46.2 Å². The summed E-state index contributed by atoms with van der Waals surface area (Å²) in [5.41, 5.74) is 0.763. The molecule has 3 heterocycles. The van der Waals surface area contributed by atoms with Crippen LogP contribution >= 0.6 is 34.7 Å². The fourth-order valence-corrected chi connectivity index (χ4v) is 4.40. The fourth-order valence-electron chi connectivity index (χ4n) is 2.37. The highest BCUT2D eigenvalue weighted by molar-refractivity contribution is 7.98. The van der Waals surface area contributed by atoms with E-state index in [1.54, 1.807) is 35.5 Å². The molecular weight excluding hydrogens is 376 g/mol. The van der Waals surface area contributed by atoms with Crippen LogP contribution in [0.25, 0.3) is 21.6 Å². The van der Waals surface area contributed by atoms with E-state index in [4.69, 9.17) is 16.1 Å². The number of rotatable bonds is 5. The summed E-state index contributed by atoms with van der Waals surface area (Å²) in [7, 11) is 0. The third-order valence-corrected chi connectivity index (χ3v) is 6.11. The van der Waals surface area contributed by atoms with Gasteiger partial charge in [0.2, 0.25) is 11.7 Å². The highest BCUT2D eigenvalue weighted by Gasteiger charge is 2.14. The van der Waals surface area contributed by atoms with Crippen LogP contribution in [0.1, 0.15) is 17.7 Å². The Morgan fingerprint density at radius 1 is 1.24 bits per heavy atom. The second-order valence-corrected chi connectivity index (χ2v) is 7.73. The van der Waals surface area contributed by atoms with Crippen LogP contribution in [-0.4, -0.2) is 20.1 Å². The van der Waals surface area contributed by atoms with Gasteiger partial charge in [-0.2, -0.15) is 4.98 Å². The first-order chi connectivity index (χ1) is 12.2. The minimum atomic E-state index is 0.498. The number of aryl methyl sites for hydroxylation is 1. The highest BCUT2D eigenvalue weighted by atomic mass is 35.5. The lowest BCUT2D eigenvalue weighted by Gasteiger charge is -1.98. The van der Waals surface area contributed by atoms with Gasteiger partial charge in [0, 0.05) is 15.8 Å². The third-order valence-electron chi connectivity index (χ3n) is 3.61. The molecule has 0 aliphatic heterocycles. The van der Waals surface area contributed by atoms with Gasteiger partial charge in [0.25, 0.3) is 0 Å². The van der Waals surface area contributed by atoms with Crippen molar-refractivity contribution in [3.05, 3.63) is 52.4 Å². The van der Waals surface area contributed by atoms with Gasteiger partial charge in [0.05, 0.1) is 10.8 Å². The Kier molecular flexibility index (Phi) is 4.70. The van der Waals surface area contributed by atoms with Crippen molar-refractivity contribution < 1.29 is 4.52 Å². The molecule has 0 saturated heterocycles. The third kappa shape index (κ3) is 3.40. The first-order valence-corrected chi connectivity index (χ1v) is 9.86. The lowest BCUT2D eigenvalue weighted by atomic mass is 10.2. The highest BCUT2D eigenvalue weighted by Crippen LogP contribution is 2.33. The Morgan fingerprint density at radius 2 is 2.12 bits per heavy atom. The van der Waals surface area contributed by atoms with Gasteiger partial charge in [-0.15, -0.1) is 11.3 Å². The summed E-state index contributed by atoms with van der Waals surface area (Å²) in [6.07, 6.45) is 2.60. The van der Waals surface area contributed by atoms with E-state index in [0.29, 0.717) is 22.5 Å². The van der Waals surface area contributed by atoms with Crippen molar-refractivity contribution in [2.45, 2.75) is 24.1 Å². The average Bonchev–Trinajstić information content (AvgIpc) is 3.27. The van der Waals surface area contributed by atoms with E-state index in [9.17, 15) is 0 Å². The summed E-state index contributed by atoms with van der Waals surface area (Å²) in [6, 6.07) is 9.60. The van der Waals surface area contributed by atoms with Gasteiger partial charge < -0.3 is 4.52 Å². The second kappa shape index (κ2) is 7.11. The molecule has 0 N–H and O–H groups in total. The number of nitrogens with zero attached hydrogens (tertiary/aromatic N) is 4. The van der Waals surface area contributed by atoms with Crippen LogP contribution in [0.5, 0.6) is 0 Å². The molecule has 0 aliphatic carbocycles. The Hall–Kier alpha value is -1.96. The molecule has 126 valence electrons. The van der Waals surface area contributed by atoms with Crippen molar-refractivity contribution >= 4 is 44.9 Å². The minimum Gasteiger partial charge on any atom is -0.338 e. The van der Waals surface area contributed by atoms with Crippen molar-refractivity contribution in [1.29, 1.82) is 0 Å². The standard InChI is InChI=1S/C17H13ClN4OS2/c1-2-10-7-12-16(19-9-20-17(12)25-10)24-8-14-21-15(22-23-14)11-5-3-4-6-13(11)18/h3-7,9H,2,8H2,1H3. The van der Waals surface area contributed by atoms with E-state index >= 15 is 0 Å². The molecular formula is C17H13ClN4OS2. The smallest absolute Gasteiger partial charge is 0.237 e. The van der Waals surface area contributed by atoms with Crippen molar-refractivity contribution in [2.75, 3.05) is 0 Å². The van der Waals surface area contributed by atoms with Gasteiger partial charge >= 0.3 is 0 Å². The summed E-state index contributed by atoms with van der Waals surface area (Å²) in [5.74, 6) is 1.58. The number of thiophene rings is 1. The maximum Gasteiger partial charge on any atom is 0.237 e. The van der Waals surface area contributed by atoms with Gasteiger partial charge in [-0.3, -0.25) is 0 Å². The summed E-state index contributed by atoms with van der Waals surface area (Å²) in [4.78, 5) is 15.5. The SMILES string of the molecule is CCc1cc2c(SCc3nc(-c4ccccc4Cl)no3)ncnc2s1.